The summed E-state index contributed by atoms with van der Waals surface area (Å²) in [5, 5.41) is 19.5. The molecule has 0 saturated heterocycles. The van der Waals surface area contributed by atoms with Crippen LogP contribution >= 0.6 is 0 Å². The molecule has 0 spiro atoms. The molecule has 0 heterocycles. The van der Waals surface area contributed by atoms with Gasteiger partial charge in [0.25, 0.3) is 5.69 Å². The SMILES string of the molecule is Cc1cc(OCC(C)(C)C(=O)O)c(F)cc1[N+](=O)[O-]. The number of nitrogens with zero attached hydrogens (tertiary/aromatic N) is 1. The molecule has 0 bridgehead atoms. The molecule has 0 aliphatic carbocycles. The zero-order valence-corrected chi connectivity index (χ0v) is 10.8. The van der Waals surface area contributed by atoms with Gasteiger partial charge in [0.2, 0.25) is 0 Å². The number of hydrogen-bond donors (Lipinski definition) is 1. The molecule has 0 aliphatic rings. The molecule has 104 valence electrons. The van der Waals surface area contributed by atoms with Crippen LogP contribution in [0.25, 0.3) is 0 Å². The van der Waals surface area contributed by atoms with Crippen molar-refractivity contribution in [1.29, 1.82) is 0 Å². The van der Waals surface area contributed by atoms with Crippen LogP contribution in [-0.2, 0) is 4.79 Å². The zero-order valence-electron chi connectivity index (χ0n) is 10.8. The Morgan fingerprint density at radius 1 is 1.53 bits per heavy atom. The van der Waals surface area contributed by atoms with Crippen LogP contribution in [0.4, 0.5) is 10.1 Å². The van der Waals surface area contributed by atoms with E-state index in [1.54, 1.807) is 0 Å². The normalized spacial score (nSPS) is 11.2. The molecule has 1 N–H and O–H groups in total. The molecular weight excluding hydrogens is 257 g/mol. The second kappa shape index (κ2) is 5.21. The van der Waals surface area contributed by atoms with Gasteiger partial charge in [0.05, 0.1) is 16.4 Å². The minimum absolute atomic E-state index is 0.197. The molecule has 0 aromatic heterocycles. The number of aliphatic carboxylic acids is 1. The molecule has 0 amide bonds. The smallest absolute Gasteiger partial charge is 0.312 e. The molecule has 0 aliphatic heterocycles. The van der Waals surface area contributed by atoms with Crippen molar-refractivity contribution in [3.05, 3.63) is 33.6 Å². The Morgan fingerprint density at radius 2 is 2.11 bits per heavy atom. The number of rotatable bonds is 5. The third-order valence-corrected chi connectivity index (χ3v) is 2.61. The van der Waals surface area contributed by atoms with Gasteiger partial charge in [-0.2, -0.15) is 0 Å². The summed E-state index contributed by atoms with van der Waals surface area (Å²) in [7, 11) is 0. The maximum atomic E-state index is 13.6. The van der Waals surface area contributed by atoms with Crippen LogP contribution in [0.3, 0.4) is 0 Å². The van der Waals surface area contributed by atoms with E-state index in [1.807, 2.05) is 0 Å². The quantitative estimate of drug-likeness (QED) is 0.656. The Bertz CT molecular complexity index is 527. The van der Waals surface area contributed by atoms with Crippen molar-refractivity contribution in [2.24, 2.45) is 5.41 Å². The predicted molar refractivity (Wildman–Crippen MR) is 64.7 cm³/mol. The number of aryl methyl sites for hydroxylation is 1. The molecule has 0 unspecified atom stereocenters. The van der Waals surface area contributed by atoms with Crippen LogP contribution in [0.1, 0.15) is 19.4 Å². The van der Waals surface area contributed by atoms with Gasteiger partial charge in [0, 0.05) is 5.56 Å². The largest absolute Gasteiger partial charge is 0.489 e. The summed E-state index contributed by atoms with van der Waals surface area (Å²) < 4.78 is 18.7. The van der Waals surface area contributed by atoms with Crippen molar-refractivity contribution >= 4 is 11.7 Å². The third kappa shape index (κ3) is 3.40. The first kappa shape index (κ1) is 14.9. The highest BCUT2D eigenvalue weighted by atomic mass is 19.1. The number of carbonyl (C=O) groups is 1. The number of nitro groups is 1. The number of ether oxygens (including phenoxy) is 1. The van der Waals surface area contributed by atoms with Gasteiger partial charge in [-0.3, -0.25) is 14.9 Å². The highest BCUT2D eigenvalue weighted by Gasteiger charge is 2.29. The average Bonchev–Trinajstić information content (AvgIpc) is 2.29. The van der Waals surface area contributed by atoms with E-state index in [1.165, 1.54) is 26.8 Å². The second-order valence-electron chi connectivity index (χ2n) is 4.80. The van der Waals surface area contributed by atoms with Gasteiger partial charge in [-0.25, -0.2) is 4.39 Å². The number of benzene rings is 1. The van der Waals surface area contributed by atoms with Crippen LogP contribution in [0.5, 0.6) is 5.75 Å². The second-order valence-corrected chi connectivity index (χ2v) is 4.80. The highest BCUT2D eigenvalue weighted by molar-refractivity contribution is 5.73. The third-order valence-electron chi connectivity index (χ3n) is 2.61. The summed E-state index contributed by atoms with van der Waals surface area (Å²) >= 11 is 0. The van der Waals surface area contributed by atoms with E-state index < -0.39 is 22.1 Å². The fourth-order valence-electron chi connectivity index (χ4n) is 1.27. The van der Waals surface area contributed by atoms with Crippen molar-refractivity contribution in [3.8, 4) is 5.75 Å². The molecular formula is C12H14FNO5. The van der Waals surface area contributed by atoms with Crippen LogP contribution in [0.15, 0.2) is 12.1 Å². The Balaban J connectivity index is 2.95. The van der Waals surface area contributed by atoms with Gasteiger partial charge in [-0.1, -0.05) is 0 Å². The fourth-order valence-corrected chi connectivity index (χ4v) is 1.27. The Kier molecular flexibility index (Phi) is 4.08. The van der Waals surface area contributed by atoms with E-state index in [-0.39, 0.29) is 23.6 Å². The fraction of sp³-hybridized carbons (Fsp3) is 0.417. The first-order chi connectivity index (χ1) is 8.65. The summed E-state index contributed by atoms with van der Waals surface area (Å²) in [5.41, 5.74) is -1.28. The molecule has 6 nitrogen and oxygen atoms in total. The van der Waals surface area contributed by atoms with E-state index in [9.17, 15) is 19.3 Å². The lowest BCUT2D eigenvalue weighted by molar-refractivity contribution is -0.385. The van der Waals surface area contributed by atoms with Crippen molar-refractivity contribution in [3.63, 3.8) is 0 Å². The van der Waals surface area contributed by atoms with Crippen LogP contribution in [-0.4, -0.2) is 22.6 Å². The number of halogens is 1. The molecule has 0 radical (unpaired) electrons. The molecule has 7 heteroatoms. The Labute approximate surface area is 109 Å². The maximum absolute atomic E-state index is 13.6. The number of hydrogen-bond acceptors (Lipinski definition) is 4. The lowest BCUT2D eigenvalue weighted by Gasteiger charge is -2.19. The zero-order chi connectivity index (χ0) is 14.8. The standard InChI is InChI=1S/C12H14FNO5/c1-7-4-10(8(13)5-9(7)14(17)18)19-6-12(2,3)11(15)16/h4-5H,6H2,1-3H3,(H,15,16). The summed E-state index contributed by atoms with van der Waals surface area (Å²) in [6.45, 7) is 4.08. The van der Waals surface area contributed by atoms with Crippen LogP contribution < -0.4 is 4.74 Å². The van der Waals surface area contributed by atoms with Crippen LogP contribution in [0.2, 0.25) is 0 Å². The molecule has 19 heavy (non-hydrogen) atoms. The molecule has 0 fully saturated rings. The minimum atomic E-state index is -1.18. The summed E-state index contributed by atoms with van der Waals surface area (Å²) in [6, 6.07) is 1.95. The average molecular weight is 271 g/mol. The Hall–Kier alpha value is -2.18. The molecule has 0 saturated carbocycles. The van der Waals surface area contributed by atoms with E-state index in [0.29, 0.717) is 0 Å². The van der Waals surface area contributed by atoms with Gasteiger partial charge in [-0.05, 0) is 26.8 Å². The van der Waals surface area contributed by atoms with Gasteiger partial charge in [0.1, 0.15) is 6.61 Å². The van der Waals surface area contributed by atoms with Crippen molar-refractivity contribution in [2.75, 3.05) is 6.61 Å². The number of carboxylic acid groups (broad SMARTS) is 1. The van der Waals surface area contributed by atoms with Gasteiger partial charge in [0.15, 0.2) is 11.6 Å². The Morgan fingerprint density at radius 3 is 2.58 bits per heavy atom. The minimum Gasteiger partial charge on any atom is -0.489 e. The highest BCUT2D eigenvalue weighted by Crippen LogP contribution is 2.28. The predicted octanol–water partition coefficient (Wildman–Crippen LogP) is 2.53. The molecule has 1 aromatic carbocycles. The topological polar surface area (TPSA) is 89.7 Å². The van der Waals surface area contributed by atoms with E-state index in [0.717, 1.165) is 6.07 Å². The maximum Gasteiger partial charge on any atom is 0.312 e. The molecule has 1 aromatic rings. The number of nitro benzene ring substituents is 1. The van der Waals surface area contributed by atoms with Crippen molar-refractivity contribution in [1.82, 2.24) is 0 Å². The monoisotopic (exact) mass is 271 g/mol. The molecule has 1 rings (SSSR count). The summed E-state index contributed by atoms with van der Waals surface area (Å²) in [4.78, 5) is 20.8. The first-order valence-electron chi connectivity index (χ1n) is 5.46. The van der Waals surface area contributed by atoms with Gasteiger partial charge < -0.3 is 9.84 Å². The van der Waals surface area contributed by atoms with Gasteiger partial charge >= 0.3 is 5.97 Å². The number of carboxylic acids is 1. The van der Waals surface area contributed by atoms with E-state index >= 15 is 0 Å². The lowest BCUT2D eigenvalue weighted by atomic mass is 9.95. The first-order valence-corrected chi connectivity index (χ1v) is 5.46. The molecule has 0 atom stereocenters. The van der Waals surface area contributed by atoms with E-state index in [4.69, 9.17) is 9.84 Å². The lowest BCUT2D eigenvalue weighted by Crippen LogP contribution is -2.30. The van der Waals surface area contributed by atoms with Crippen molar-refractivity contribution < 1.29 is 24.0 Å². The van der Waals surface area contributed by atoms with Crippen molar-refractivity contribution in [2.45, 2.75) is 20.8 Å². The van der Waals surface area contributed by atoms with E-state index in [2.05, 4.69) is 0 Å². The summed E-state index contributed by atoms with van der Waals surface area (Å²) in [5.74, 6) is -2.16. The van der Waals surface area contributed by atoms with Gasteiger partial charge in [-0.15, -0.1) is 0 Å². The summed E-state index contributed by atoms with van der Waals surface area (Å²) in [6.07, 6.45) is 0. The van der Waals surface area contributed by atoms with Crippen LogP contribution in [0, 0.1) is 28.3 Å².